The van der Waals surface area contributed by atoms with Gasteiger partial charge in [0.1, 0.15) is 6.17 Å². The molecule has 3 saturated heterocycles. The van der Waals surface area contributed by atoms with Crippen LogP contribution < -0.4 is 5.32 Å². The van der Waals surface area contributed by atoms with Crippen LogP contribution in [0.25, 0.3) is 0 Å². The molecule has 5 unspecified atom stereocenters. The minimum absolute atomic E-state index is 0.0405. The number of fused-ring (bicyclic) bond motifs is 2. The van der Waals surface area contributed by atoms with Crippen LogP contribution in [0.1, 0.15) is 43.6 Å². The molecule has 4 nitrogen and oxygen atoms in total. The monoisotopic (exact) mass is 292 g/mol. The first-order chi connectivity index (χ1) is 9.78. The van der Waals surface area contributed by atoms with E-state index in [0.29, 0.717) is 6.10 Å². The summed E-state index contributed by atoms with van der Waals surface area (Å²) in [5.74, 6) is 0.257. The summed E-state index contributed by atoms with van der Waals surface area (Å²) in [5, 5.41) is 5.59. The normalized spacial score (nSPS) is 40.0. The van der Waals surface area contributed by atoms with Crippen molar-refractivity contribution < 1.29 is 9.53 Å². The van der Waals surface area contributed by atoms with E-state index >= 15 is 0 Å². The third kappa shape index (κ3) is 1.84. The largest absolute Gasteiger partial charge is 0.373 e. The predicted octanol–water partition coefficient (Wildman–Crippen LogP) is 2.28. The fourth-order valence-electron chi connectivity index (χ4n) is 3.87. The van der Waals surface area contributed by atoms with Crippen LogP contribution in [0.15, 0.2) is 17.5 Å². The molecule has 0 aliphatic carbocycles. The fraction of sp³-hybridized carbons (Fsp3) is 0.667. The Kier molecular flexibility index (Phi) is 3.09. The molecule has 2 bridgehead atoms. The number of amides is 1. The predicted molar refractivity (Wildman–Crippen MR) is 77.4 cm³/mol. The molecule has 4 heterocycles. The Hall–Kier alpha value is -0.910. The van der Waals surface area contributed by atoms with Crippen LogP contribution in [0.2, 0.25) is 0 Å². The van der Waals surface area contributed by atoms with E-state index in [1.165, 1.54) is 4.88 Å². The van der Waals surface area contributed by atoms with Crippen molar-refractivity contribution in [2.45, 2.75) is 63.1 Å². The zero-order valence-corrected chi connectivity index (χ0v) is 12.4. The van der Waals surface area contributed by atoms with Crippen LogP contribution in [0, 0.1) is 0 Å². The number of hydrogen-bond acceptors (Lipinski definition) is 4. The maximum Gasteiger partial charge on any atom is 0.241 e. The molecule has 5 heteroatoms. The molecular weight excluding hydrogens is 272 g/mol. The Morgan fingerprint density at radius 1 is 1.50 bits per heavy atom. The van der Waals surface area contributed by atoms with Crippen LogP contribution in [-0.4, -0.2) is 35.1 Å². The van der Waals surface area contributed by atoms with Gasteiger partial charge in [-0.15, -0.1) is 11.3 Å². The van der Waals surface area contributed by atoms with E-state index in [-0.39, 0.29) is 30.3 Å². The van der Waals surface area contributed by atoms with Gasteiger partial charge in [0.05, 0.1) is 24.3 Å². The van der Waals surface area contributed by atoms with Gasteiger partial charge in [-0.05, 0) is 37.1 Å². The molecule has 5 atom stereocenters. The highest BCUT2D eigenvalue weighted by molar-refractivity contribution is 7.10. The molecule has 108 valence electrons. The first kappa shape index (κ1) is 12.8. The van der Waals surface area contributed by atoms with Gasteiger partial charge in [0.25, 0.3) is 0 Å². The van der Waals surface area contributed by atoms with E-state index in [1.54, 1.807) is 11.3 Å². The van der Waals surface area contributed by atoms with Gasteiger partial charge in [0, 0.05) is 4.88 Å². The fourth-order valence-corrected chi connectivity index (χ4v) is 4.65. The van der Waals surface area contributed by atoms with Crippen molar-refractivity contribution in [1.29, 1.82) is 0 Å². The second kappa shape index (κ2) is 4.83. The standard InChI is InChI=1S/C15H20N2O2S/c1-2-10-15(18)17(11-8-9-5-6-12(11)19-9)14(16-10)13-4-3-7-20-13/h3-4,7,9-12,14,16H,2,5-6,8H2,1H3. The Balaban J connectivity index is 1.65. The van der Waals surface area contributed by atoms with E-state index in [2.05, 4.69) is 34.7 Å². The van der Waals surface area contributed by atoms with E-state index < -0.39 is 0 Å². The van der Waals surface area contributed by atoms with Gasteiger partial charge in [-0.1, -0.05) is 13.0 Å². The van der Waals surface area contributed by atoms with Crippen molar-refractivity contribution in [1.82, 2.24) is 10.2 Å². The highest BCUT2D eigenvalue weighted by atomic mass is 32.1. The number of nitrogens with zero attached hydrogens (tertiary/aromatic N) is 1. The van der Waals surface area contributed by atoms with E-state index in [0.717, 1.165) is 25.7 Å². The van der Waals surface area contributed by atoms with Gasteiger partial charge in [-0.25, -0.2) is 0 Å². The van der Waals surface area contributed by atoms with Crippen molar-refractivity contribution in [3.05, 3.63) is 22.4 Å². The second-order valence-corrected chi connectivity index (χ2v) is 6.95. The molecule has 0 aromatic carbocycles. The quantitative estimate of drug-likeness (QED) is 0.929. The van der Waals surface area contributed by atoms with Crippen molar-refractivity contribution in [3.63, 3.8) is 0 Å². The summed E-state index contributed by atoms with van der Waals surface area (Å²) in [4.78, 5) is 16.0. The summed E-state index contributed by atoms with van der Waals surface area (Å²) in [7, 11) is 0. The first-order valence-electron chi connectivity index (χ1n) is 7.55. The second-order valence-electron chi connectivity index (χ2n) is 5.97. The van der Waals surface area contributed by atoms with Gasteiger partial charge in [0.15, 0.2) is 0 Å². The molecule has 4 rings (SSSR count). The lowest BCUT2D eigenvalue weighted by Crippen LogP contribution is -2.45. The first-order valence-corrected chi connectivity index (χ1v) is 8.43. The highest BCUT2D eigenvalue weighted by Gasteiger charge is 2.51. The summed E-state index contributed by atoms with van der Waals surface area (Å²) in [6.45, 7) is 2.07. The average molecular weight is 292 g/mol. The lowest BCUT2D eigenvalue weighted by molar-refractivity contribution is -0.133. The molecule has 0 spiro atoms. The van der Waals surface area contributed by atoms with Gasteiger partial charge >= 0.3 is 0 Å². The third-order valence-electron chi connectivity index (χ3n) is 4.84. The van der Waals surface area contributed by atoms with Crippen molar-refractivity contribution in [2.75, 3.05) is 0 Å². The Bertz CT molecular complexity index is 504. The van der Waals surface area contributed by atoms with Crippen molar-refractivity contribution in [3.8, 4) is 0 Å². The van der Waals surface area contributed by atoms with E-state index in [9.17, 15) is 4.79 Å². The van der Waals surface area contributed by atoms with Crippen molar-refractivity contribution in [2.24, 2.45) is 0 Å². The average Bonchev–Trinajstić information content (AvgIpc) is 3.22. The molecule has 3 aliphatic rings. The van der Waals surface area contributed by atoms with Crippen LogP contribution in [0.5, 0.6) is 0 Å². The molecule has 1 N–H and O–H groups in total. The number of rotatable bonds is 3. The van der Waals surface area contributed by atoms with Gasteiger partial charge in [-0.3, -0.25) is 10.1 Å². The van der Waals surface area contributed by atoms with Crippen LogP contribution in [-0.2, 0) is 9.53 Å². The number of carbonyl (C=O) groups excluding carboxylic acids is 1. The molecule has 1 aromatic heterocycles. The van der Waals surface area contributed by atoms with E-state index in [1.807, 2.05) is 0 Å². The zero-order chi connectivity index (χ0) is 13.7. The number of nitrogens with one attached hydrogen (secondary N) is 1. The van der Waals surface area contributed by atoms with Crippen LogP contribution in [0.4, 0.5) is 0 Å². The molecular formula is C15H20N2O2S. The Morgan fingerprint density at radius 3 is 3.00 bits per heavy atom. The number of thiophene rings is 1. The summed E-state index contributed by atoms with van der Waals surface area (Å²) < 4.78 is 5.96. The molecule has 3 fully saturated rings. The lowest BCUT2D eigenvalue weighted by atomic mass is 9.93. The molecule has 0 radical (unpaired) electrons. The molecule has 20 heavy (non-hydrogen) atoms. The minimum Gasteiger partial charge on any atom is -0.373 e. The summed E-state index contributed by atoms with van der Waals surface area (Å²) in [6, 6.07) is 4.40. The van der Waals surface area contributed by atoms with Gasteiger partial charge in [0.2, 0.25) is 5.91 Å². The smallest absolute Gasteiger partial charge is 0.241 e. The molecule has 0 saturated carbocycles. The molecule has 1 amide bonds. The minimum atomic E-state index is -0.0405. The maximum atomic E-state index is 12.7. The number of hydrogen-bond donors (Lipinski definition) is 1. The lowest BCUT2D eigenvalue weighted by Gasteiger charge is -2.33. The maximum absolute atomic E-state index is 12.7. The number of ether oxygens (including phenoxy) is 1. The highest BCUT2D eigenvalue weighted by Crippen LogP contribution is 2.42. The number of carbonyl (C=O) groups is 1. The Labute approximate surface area is 123 Å². The Morgan fingerprint density at radius 2 is 2.40 bits per heavy atom. The summed E-state index contributed by atoms with van der Waals surface area (Å²) in [6.07, 6.45) is 4.80. The van der Waals surface area contributed by atoms with Crippen molar-refractivity contribution >= 4 is 17.2 Å². The zero-order valence-electron chi connectivity index (χ0n) is 11.6. The van der Waals surface area contributed by atoms with Crippen LogP contribution in [0.3, 0.4) is 0 Å². The van der Waals surface area contributed by atoms with E-state index in [4.69, 9.17) is 4.74 Å². The summed E-state index contributed by atoms with van der Waals surface area (Å²) >= 11 is 1.72. The SMILES string of the molecule is CCC1NC(c2cccs2)N(C2CC3CCC2O3)C1=O. The topological polar surface area (TPSA) is 41.6 Å². The third-order valence-corrected chi connectivity index (χ3v) is 5.77. The van der Waals surface area contributed by atoms with Gasteiger partial charge in [-0.2, -0.15) is 0 Å². The summed E-state index contributed by atoms with van der Waals surface area (Å²) in [5.41, 5.74) is 0. The molecule has 3 aliphatic heterocycles. The molecule has 1 aromatic rings. The van der Waals surface area contributed by atoms with Crippen LogP contribution >= 0.6 is 11.3 Å². The van der Waals surface area contributed by atoms with Gasteiger partial charge < -0.3 is 9.64 Å².